The van der Waals surface area contributed by atoms with Gasteiger partial charge in [-0.25, -0.2) is 0 Å². The third kappa shape index (κ3) is 4.05. The number of piperidine rings is 1. The lowest BCUT2D eigenvalue weighted by molar-refractivity contribution is -0.149. The molecule has 2 saturated carbocycles. The maximum atomic E-state index is 13.0. The van der Waals surface area contributed by atoms with Crippen LogP contribution in [-0.4, -0.2) is 42.1 Å². The minimum absolute atomic E-state index is 0.0297. The van der Waals surface area contributed by atoms with Crippen LogP contribution in [0.5, 0.6) is 0 Å². The maximum Gasteiger partial charge on any atom is 0.257 e. The molecule has 1 aliphatic heterocycles. The minimum atomic E-state index is -1.46. The first-order valence-electron chi connectivity index (χ1n) is 10.4. The molecule has 0 spiro atoms. The van der Waals surface area contributed by atoms with Gasteiger partial charge in [-0.2, -0.15) is 0 Å². The number of rotatable bonds is 5. The number of carbonyl (C=O) groups is 1. The van der Waals surface area contributed by atoms with Gasteiger partial charge in [-0.15, -0.1) is 0 Å². The van der Waals surface area contributed by atoms with Gasteiger partial charge >= 0.3 is 0 Å². The van der Waals surface area contributed by atoms with E-state index in [-0.39, 0.29) is 11.8 Å². The second-order valence-electron chi connectivity index (χ2n) is 8.45. The van der Waals surface area contributed by atoms with E-state index in [1.807, 2.05) is 30.3 Å². The number of likely N-dealkylation sites (tertiary alicyclic amines) is 1. The van der Waals surface area contributed by atoms with E-state index >= 15 is 0 Å². The highest BCUT2D eigenvalue weighted by molar-refractivity contribution is 5.87. The first-order chi connectivity index (χ1) is 13.2. The van der Waals surface area contributed by atoms with E-state index in [2.05, 4.69) is 22.1 Å². The second-order valence-corrected chi connectivity index (χ2v) is 8.45. The van der Waals surface area contributed by atoms with Crippen molar-refractivity contribution in [2.45, 2.75) is 44.1 Å². The summed E-state index contributed by atoms with van der Waals surface area (Å²) in [6.45, 7) is 3.44. The van der Waals surface area contributed by atoms with Crippen molar-refractivity contribution < 1.29 is 9.90 Å². The lowest BCUT2D eigenvalue weighted by Gasteiger charge is -2.37. The van der Waals surface area contributed by atoms with Crippen LogP contribution in [0, 0.1) is 29.6 Å². The molecule has 1 amide bonds. The van der Waals surface area contributed by atoms with Gasteiger partial charge in [-0.05, 0) is 36.7 Å². The van der Waals surface area contributed by atoms with E-state index in [0.717, 1.165) is 44.1 Å². The number of nitrogens with one attached hydrogen (secondary N) is 1. The lowest BCUT2D eigenvalue weighted by atomic mass is 9.73. The third-order valence-electron chi connectivity index (χ3n) is 6.58. The van der Waals surface area contributed by atoms with Crippen LogP contribution in [0.4, 0.5) is 0 Å². The van der Waals surface area contributed by atoms with Crippen LogP contribution in [-0.2, 0) is 10.4 Å². The highest BCUT2D eigenvalue weighted by Gasteiger charge is 2.45. The molecule has 2 N–H and O–H groups in total. The molecule has 1 heterocycles. The summed E-state index contributed by atoms with van der Waals surface area (Å²) in [7, 11) is 0. The van der Waals surface area contributed by atoms with Gasteiger partial charge in [-0.1, -0.05) is 61.4 Å². The number of hydrogen-bond donors (Lipinski definition) is 2. The van der Waals surface area contributed by atoms with Crippen LogP contribution in [0.25, 0.3) is 0 Å². The number of benzene rings is 1. The Balaban J connectivity index is 1.37. The molecule has 3 atom stereocenters. The van der Waals surface area contributed by atoms with Crippen LogP contribution in [0.15, 0.2) is 30.3 Å². The highest BCUT2D eigenvalue weighted by Crippen LogP contribution is 2.44. The van der Waals surface area contributed by atoms with Crippen LogP contribution in [0.3, 0.4) is 0 Å². The zero-order valence-electron chi connectivity index (χ0n) is 16.0. The van der Waals surface area contributed by atoms with Crippen LogP contribution >= 0.6 is 0 Å². The van der Waals surface area contributed by atoms with Gasteiger partial charge in [0.05, 0.1) is 13.1 Å². The van der Waals surface area contributed by atoms with Crippen LogP contribution in [0.1, 0.15) is 44.1 Å². The normalized spacial score (nSPS) is 27.1. The molecule has 0 bridgehead atoms. The Hall–Kier alpha value is -1.83. The fraction of sp³-hybridized carbons (Fsp3) is 0.609. The van der Waals surface area contributed by atoms with Gasteiger partial charge in [-0.3, -0.25) is 9.69 Å². The Morgan fingerprint density at radius 1 is 1.11 bits per heavy atom. The summed E-state index contributed by atoms with van der Waals surface area (Å²) >= 11 is 0. The molecule has 0 radical (unpaired) electrons. The predicted octanol–water partition coefficient (Wildman–Crippen LogP) is 2.53. The number of nitrogens with zero attached hydrogens (tertiary/aromatic N) is 1. The fourth-order valence-electron chi connectivity index (χ4n) is 4.88. The summed E-state index contributed by atoms with van der Waals surface area (Å²) in [5.41, 5.74) is -0.766. The van der Waals surface area contributed by atoms with Crippen molar-refractivity contribution in [2.75, 3.05) is 26.2 Å². The average molecular weight is 367 g/mol. The summed E-state index contributed by atoms with van der Waals surface area (Å²) in [4.78, 5) is 15.4. The van der Waals surface area contributed by atoms with Gasteiger partial charge in [0.1, 0.15) is 0 Å². The number of carbonyl (C=O) groups excluding carboxylic acids is 1. The molecule has 27 heavy (non-hydrogen) atoms. The molecule has 1 aromatic rings. The summed E-state index contributed by atoms with van der Waals surface area (Å²) in [5.74, 6) is 7.74. The topological polar surface area (TPSA) is 52.6 Å². The Labute approximate surface area is 162 Å². The minimum Gasteiger partial charge on any atom is -0.375 e. The van der Waals surface area contributed by atoms with Gasteiger partial charge < -0.3 is 10.4 Å². The van der Waals surface area contributed by atoms with E-state index in [1.54, 1.807) is 0 Å². The Kier molecular flexibility index (Phi) is 5.52. The molecule has 2 aliphatic carbocycles. The van der Waals surface area contributed by atoms with Crippen molar-refractivity contribution >= 4 is 5.91 Å². The number of amides is 1. The van der Waals surface area contributed by atoms with E-state index < -0.39 is 5.60 Å². The maximum absolute atomic E-state index is 13.0. The Bertz CT molecular complexity index is 707. The van der Waals surface area contributed by atoms with E-state index in [0.29, 0.717) is 12.1 Å². The van der Waals surface area contributed by atoms with E-state index in [9.17, 15) is 9.90 Å². The van der Waals surface area contributed by atoms with Crippen molar-refractivity contribution in [2.24, 2.45) is 17.8 Å². The SMILES string of the molecule is O=C(NCC#CCN1C[C@H]2C[C@H]2C1)C(O)(c1ccccc1)C1CCCCC1. The smallest absolute Gasteiger partial charge is 0.257 e. The van der Waals surface area contributed by atoms with Crippen molar-refractivity contribution in [3.63, 3.8) is 0 Å². The van der Waals surface area contributed by atoms with Crippen LogP contribution in [0.2, 0.25) is 0 Å². The molecule has 144 valence electrons. The summed E-state index contributed by atoms with van der Waals surface area (Å²) < 4.78 is 0. The van der Waals surface area contributed by atoms with Gasteiger partial charge in [0.2, 0.25) is 0 Å². The van der Waals surface area contributed by atoms with Gasteiger partial charge in [0.25, 0.3) is 5.91 Å². The van der Waals surface area contributed by atoms with Gasteiger partial charge in [0.15, 0.2) is 5.60 Å². The standard InChI is InChI=1S/C23H30N2O2/c26-22(24-13-7-8-14-25-16-18-15-19(18)17-25)23(27,20-9-3-1-4-10-20)21-11-5-2-6-12-21/h1,3-4,9-10,18-19,21,27H,2,5-6,11-17H2,(H,24,26)/t18-,19+,23?. The van der Waals surface area contributed by atoms with Gasteiger partial charge in [0, 0.05) is 19.0 Å². The zero-order chi connectivity index (χ0) is 18.7. The molecule has 4 rings (SSSR count). The average Bonchev–Trinajstić information content (AvgIpc) is 3.34. The summed E-state index contributed by atoms with van der Waals surface area (Å²) in [6.07, 6.45) is 6.52. The molecular weight excluding hydrogens is 336 g/mol. The highest BCUT2D eigenvalue weighted by atomic mass is 16.3. The fourth-order valence-corrected chi connectivity index (χ4v) is 4.88. The summed E-state index contributed by atoms with van der Waals surface area (Å²) in [6, 6.07) is 9.40. The van der Waals surface area contributed by atoms with Crippen molar-refractivity contribution in [3.8, 4) is 11.8 Å². The molecule has 4 heteroatoms. The second kappa shape index (κ2) is 8.04. The first kappa shape index (κ1) is 18.5. The zero-order valence-corrected chi connectivity index (χ0v) is 16.0. The Morgan fingerprint density at radius 3 is 2.52 bits per heavy atom. The first-order valence-corrected chi connectivity index (χ1v) is 10.4. The molecule has 4 nitrogen and oxygen atoms in total. The third-order valence-corrected chi connectivity index (χ3v) is 6.58. The monoisotopic (exact) mass is 366 g/mol. The Morgan fingerprint density at radius 2 is 1.81 bits per heavy atom. The van der Waals surface area contributed by atoms with E-state index in [1.165, 1.54) is 25.9 Å². The number of hydrogen-bond acceptors (Lipinski definition) is 3. The number of aliphatic hydroxyl groups is 1. The number of fused-ring (bicyclic) bond motifs is 1. The van der Waals surface area contributed by atoms with Crippen LogP contribution < -0.4 is 5.32 Å². The molecular formula is C23H30N2O2. The molecule has 3 fully saturated rings. The molecule has 3 aliphatic rings. The lowest BCUT2D eigenvalue weighted by Crippen LogP contribution is -2.50. The quantitative estimate of drug-likeness (QED) is 0.788. The molecule has 1 aromatic carbocycles. The van der Waals surface area contributed by atoms with E-state index in [4.69, 9.17) is 0 Å². The molecule has 0 aromatic heterocycles. The summed E-state index contributed by atoms with van der Waals surface area (Å²) in [5, 5.41) is 14.4. The van der Waals surface area contributed by atoms with Crippen molar-refractivity contribution in [3.05, 3.63) is 35.9 Å². The largest absolute Gasteiger partial charge is 0.375 e. The molecule has 1 unspecified atom stereocenters. The molecule has 1 saturated heterocycles. The van der Waals surface area contributed by atoms with Crippen molar-refractivity contribution in [1.82, 2.24) is 10.2 Å². The van der Waals surface area contributed by atoms with Crippen molar-refractivity contribution in [1.29, 1.82) is 0 Å². The predicted molar refractivity (Wildman–Crippen MR) is 106 cm³/mol.